The van der Waals surface area contributed by atoms with Gasteiger partial charge in [-0.1, -0.05) is 216 Å². The minimum Gasteiger partial charge on any atom is -0.340 e. The summed E-state index contributed by atoms with van der Waals surface area (Å²) in [4.78, 5) is 0. The zero-order chi connectivity index (χ0) is 46.0. The maximum absolute atomic E-state index is 2.66. The summed E-state index contributed by atoms with van der Waals surface area (Å²) in [5.74, 6) is 0. The number of aromatic nitrogens is 2. The fourth-order valence-electron chi connectivity index (χ4n) is 12.3. The van der Waals surface area contributed by atoms with E-state index in [2.05, 4.69) is 158 Å². The van der Waals surface area contributed by atoms with Crippen molar-refractivity contribution in [2.24, 2.45) is 0 Å². The number of fused-ring (bicyclic) bond motifs is 9. The van der Waals surface area contributed by atoms with Crippen LogP contribution in [0.1, 0.15) is 180 Å². The maximum atomic E-state index is 2.66. The molecule has 0 atom stereocenters. The van der Waals surface area contributed by atoms with Crippen LogP contribution >= 0.6 is 0 Å². The van der Waals surface area contributed by atoms with Crippen LogP contribution in [0.15, 0.2) is 121 Å². The van der Waals surface area contributed by atoms with Crippen molar-refractivity contribution >= 4 is 43.6 Å². The van der Waals surface area contributed by atoms with E-state index in [4.69, 9.17) is 0 Å². The lowest BCUT2D eigenvalue weighted by atomic mass is 9.70. The largest absolute Gasteiger partial charge is 0.340 e. The molecule has 2 heteroatoms. The fraction of sp³-hybridized carbons (Fsp3) is 0.446. The summed E-state index contributed by atoms with van der Waals surface area (Å²) in [5, 5.41) is 5.54. The highest BCUT2D eigenvalue weighted by Gasteiger charge is 2.42. The molecule has 9 rings (SSSR count). The molecule has 0 spiro atoms. The molecule has 6 aromatic carbocycles. The number of benzene rings is 6. The first-order valence-corrected chi connectivity index (χ1v) is 27.4. The molecule has 0 unspecified atom stereocenters. The molecule has 0 N–H and O–H groups in total. The Morgan fingerprint density at radius 1 is 0.313 bits per heavy atom. The van der Waals surface area contributed by atoms with Gasteiger partial charge in [0.2, 0.25) is 0 Å². The molecule has 2 nitrogen and oxygen atoms in total. The van der Waals surface area contributed by atoms with Crippen molar-refractivity contribution < 1.29 is 0 Å². The summed E-state index contributed by atoms with van der Waals surface area (Å²) in [6.45, 7) is 11.5. The zero-order valence-corrected chi connectivity index (χ0v) is 41.9. The second-order valence-corrected chi connectivity index (χ2v) is 20.6. The van der Waals surface area contributed by atoms with Crippen LogP contribution in [0.2, 0.25) is 0 Å². The minimum atomic E-state index is -0.0105. The number of hydrogen-bond acceptors (Lipinski definition) is 0. The Balaban J connectivity index is 1.13. The summed E-state index contributed by atoms with van der Waals surface area (Å²) in [6, 6.07) is 48.2. The molecule has 1 aliphatic rings. The Bertz CT molecular complexity index is 2680. The second-order valence-electron chi connectivity index (χ2n) is 20.6. The van der Waals surface area contributed by atoms with Gasteiger partial charge in [0.1, 0.15) is 0 Å². The topological polar surface area (TPSA) is 9.86 Å². The first-order valence-electron chi connectivity index (χ1n) is 27.4. The quantitative estimate of drug-likeness (QED) is 0.0480. The van der Waals surface area contributed by atoms with Gasteiger partial charge in [-0.05, 0) is 119 Å². The van der Waals surface area contributed by atoms with E-state index in [1.807, 2.05) is 0 Å². The lowest BCUT2D eigenvalue weighted by Gasteiger charge is -2.33. The van der Waals surface area contributed by atoms with Crippen LogP contribution in [-0.4, -0.2) is 9.13 Å². The van der Waals surface area contributed by atoms with Crippen molar-refractivity contribution in [3.8, 4) is 33.4 Å². The van der Waals surface area contributed by atoms with Crippen molar-refractivity contribution in [1.29, 1.82) is 0 Å². The van der Waals surface area contributed by atoms with Gasteiger partial charge in [-0.25, -0.2) is 0 Å². The predicted molar refractivity (Wildman–Crippen MR) is 294 cm³/mol. The summed E-state index contributed by atoms with van der Waals surface area (Å²) in [5.41, 5.74) is 17.0. The molecule has 0 aliphatic heterocycles. The van der Waals surface area contributed by atoms with Gasteiger partial charge in [-0.2, -0.15) is 0 Å². The first-order chi connectivity index (χ1) is 33.1. The van der Waals surface area contributed by atoms with E-state index in [0.29, 0.717) is 0 Å². The number of hydrogen-bond donors (Lipinski definition) is 0. The number of aryl methyl sites for hydroxylation is 2. The Hall–Kier alpha value is -5.08. The standard InChI is InChI=1S/C65H80N2/c1-5-9-13-17-19-25-41-65(42-26-20-18-14-10-6-2)59-47-51(49-35-39-63-57(45-49)55-29-21-23-31-61(55)66(63)43-27-15-11-7-3)33-37-53(59)54-38-34-52(48-60(54)65)50-36-40-64-58(46-50)56-30-22-24-32-62(56)67(64)44-28-16-12-8-4/h21-24,29-40,45-48H,5-20,25-28,41-44H2,1-4H3. The van der Waals surface area contributed by atoms with E-state index in [9.17, 15) is 0 Å². The smallest absolute Gasteiger partial charge is 0.0491 e. The third kappa shape index (κ3) is 9.80. The summed E-state index contributed by atoms with van der Waals surface area (Å²) in [7, 11) is 0. The van der Waals surface area contributed by atoms with Crippen molar-refractivity contribution in [3.05, 3.63) is 132 Å². The monoisotopic (exact) mass is 889 g/mol. The van der Waals surface area contributed by atoms with Gasteiger partial charge in [0.15, 0.2) is 0 Å². The molecule has 0 saturated heterocycles. The molecule has 8 aromatic rings. The Kier molecular flexibility index (Phi) is 15.7. The summed E-state index contributed by atoms with van der Waals surface area (Å²) < 4.78 is 5.19. The van der Waals surface area contributed by atoms with Gasteiger partial charge < -0.3 is 9.13 Å². The fourth-order valence-corrected chi connectivity index (χ4v) is 12.3. The Morgan fingerprint density at radius 2 is 0.657 bits per heavy atom. The molecule has 0 fully saturated rings. The van der Waals surface area contributed by atoms with Crippen LogP contribution in [0, 0.1) is 0 Å². The van der Waals surface area contributed by atoms with E-state index in [0.717, 1.165) is 13.1 Å². The molecule has 0 radical (unpaired) electrons. The average molecular weight is 889 g/mol. The lowest BCUT2D eigenvalue weighted by Crippen LogP contribution is -2.25. The van der Waals surface area contributed by atoms with Crippen LogP contribution in [-0.2, 0) is 18.5 Å². The first kappa shape index (κ1) is 47.0. The average Bonchev–Trinajstić information content (AvgIpc) is 3.96. The SMILES string of the molecule is CCCCCCCCC1(CCCCCCCC)c2cc(-c3ccc4c(c3)c3ccccc3n4CCCCCC)ccc2-c2ccc(-c3ccc4c(c3)c3ccccc3n4CCCCCC)cc21. The van der Waals surface area contributed by atoms with E-state index >= 15 is 0 Å². The van der Waals surface area contributed by atoms with Gasteiger partial charge in [0.05, 0.1) is 0 Å². The molecule has 0 bridgehead atoms. The van der Waals surface area contributed by atoms with Crippen molar-refractivity contribution in [3.63, 3.8) is 0 Å². The third-order valence-corrected chi connectivity index (χ3v) is 16.0. The van der Waals surface area contributed by atoms with Crippen LogP contribution in [0.3, 0.4) is 0 Å². The van der Waals surface area contributed by atoms with Gasteiger partial charge >= 0.3 is 0 Å². The highest BCUT2D eigenvalue weighted by atomic mass is 15.0. The Morgan fingerprint density at radius 3 is 1.09 bits per heavy atom. The van der Waals surface area contributed by atoms with E-state index in [1.165, 1.54) is 218 Å². The molecule has 2 aromatic heterocycles. The van der Waals surface area contributed by atoms with E-state index in [1.54, 1.807) is 11.1 Å². The summed E-state index contributed by atoms with van der Waals surface area (Å²) >= 11 is 0. The van der Waals surface area contributed by atoms with Gasteiger partial charge in [-0.3, -0.25) is 0 Å². The molecule has 1 aliphatic carbocycles. The normalized spacial score (nSPS) is 13.1. The summed E-state index contributed by atoms with van der Waals surface area (Å²) in [6.07, 6.45) is 28.5. The Labute approximate surface area is 404 Å². The molecular weight excluding hydrogens is 809 g/mol. The number of rotatable bonds is 26. The number of unbranched alkanes of at least 4 members (excludes halogenated alkanes) is 16. The predicted octanol–water partition coefficient (Wildman–Crippen LogP) is 20.2. The van der Waals surface area contributed by atoms with Crippen molar-refractivity contribution in [2.45, 2.75) is 187 Å². The lowest BCUT2D eigenvalue weighted by molar-refractivity contribution is 0.398. The van der Waals surface area contributed by atoms with Crippen LogP contribution < -0.4 is 0 Å². The minimum absolute atomic E-state index is 0.0105. The van der Waals surface area contributed by atoms with E-state index in [-0.39, 0.29) is 5.41 Å². The van der Waals surface area contributed by atoms with Gasteiger partial charge in [0, 0.05) is 62.1 Å². The molecule has 0 saturated carbocycles. The highest BCUT2D eigenvalue weighted by Crippen LogP contribution is 2.56. The van der Waals surface area contributed by atoms with Crippen molar-refractivity contribution in [2.75, 3.05) is 0 Å². The molecule has 350 valence electrons. The number of nitrogens with zero attached hydrogens (tertiary/aromatic N) is 2. The zero-order valence-electron chi connectivity index (χ0n) is 41.9. The third-order valence-electron chi connectivity index (χ3n) is 16.0. The second kappa shape index (κ2) is 22.4. The molecule has 67 heavy (non-hydrogen) atoms. The van der Waals surface area contributed by atoms with Crippen LogP contribution in [0.4, 0.5) is 0 Å². The number of para-hydroxylation sites is 2. The van der Waals surface area contributed by atoms with Crippen molar-refractivity contribution in [1.82, 2.24) is 9.13 Å². The van der Waals surface area contributed by atoms with E-state index < -0.39 is 0 Å². The molecule has 0 amide bonds. The maximum Gasteiger partial charge on any atom is 0.0491 e. The van der Waals surface area contributed by atoms with Gasteiger partial charge in [0.25, 0.3) is 0 Å². The molecular formula is C65H80N2. The van der Waals surface area contributed by atoms with Crippen LogP contribution in [0.25, 0.3) is 77.0 Å². The highest BCUT2D eigenvalue weighted by molar-refractivity contribution is 6.10. The van der Waals surface area contributed by atoms with Gasteiger partial charge in [-0.15, -0.1) is 0 Å². The molecule has 2 heterocycles. The van der Waals surface area contributed by atoms with Crippen LogP contribution in [0.5, 0.6) is 0 Å².